The Morgan fingerprint density at radius 2 is 1.62 bits per heavy atom. The van der Waals surface area contributed by atoms with Gasteiger partial charge in [0.15, 0.2) is 5.82 Å². The van der Waals surface area contributed by atoms with Crippen molar-refractivity contribution in [3.05, 3.63) is 42.0 Å². The van der Waals surface area contributed by atoms with E-state index in [0.717, 1.165) is 63.0 Å². The molecule has 0 amide bonds. The van der Waals surface area contributed by atoms with Crippen LogP contribution in [0, 0.1) is 0 Å². The second-order valence-electron chi connectivity index (χ2n) is 8.43. The van der Waals surface area contributed by atoms with Crippen LogP contribution < -0.4 is 4.74 Å². The molecule has 0 fully saturated rings. The highest BCUT2D eigenvalue weighted by atomic mass is 16.5. The lowest BCUT2D eigenvalue weighted by molar-refractivity contribution is -0.142. The van der Waals surface area contributed by atoms with E-state index in [4.69, 9.17) is 9.47 Å². The van der Waals surface area contributed by atoms with Gasteiger partial charge in [0.05, 0.1) is 5.56 Å². The minimum Gasteiger partial charge on any atom is -0.507 e. The number of hydrogen-bond donors (Lipinski definition) is 2. The van der Waals surface area contributed by atoms with E-state index in [9.17, 15) is 15.0 Å². The summed E-state index contributed by atoms with van der Waals surface area (Å²) in [4.78, 5) is 25.3. The zero-order valence-corrected chi connectivity index (χ0v) is 20.5. The molecule has 1 atom stereocenters. The molecule has 1 heterocycles. The van der Waals surface area contributed by atoms with Crippen LogP contribution in [0.3, 0.4) is 0 Å². The van der Waals surface area contributed by atoms with Gasteiger partial charge >= 0.3 is 5.97 Å². The Balaban J connectivity index is 2.10. The molecular weight excluding hydrogens is 434 g/mol. The molecule has 0 saturated carbocycles. The number of phenols is 1. The molecule has 1 unspecified atom stereocenters. The maximum atomic E-state index is 11.4. The van der Waals surface area contributed by atoms with E-state index in [1.165, 1.54) is 13.0 Å². The minimum absolute atomic E-state index is 0.0223. The van der Waals surface area contributed by atoms with Crippen LogP contribution in [0.4, 0.5) is 0 Å². The summed E-state index contributed by atoms with van der Waals surface area (Å²) >= 11 is 0. The van der Waals surface area contributed by atoms with Gasteiger partial charge in [-0.3, -0.25) is 0 Å². The third-order valence-electron chi connectivity index (χ3n) is 5.14. The van der Waals surface area contributed by atoms with Gasteiger partial charge in [0.2, 0.25) is 0 Å². The van der Waals surface area contributed by atoms with Gasteiger partial charge in [-0.1, -0.05) is 46.1 Å². The Bertz CT molecular complexity index is 920. The summed E-state index contributed by atoms with van der Waals surface area (Å²) in [7, 11) is 0. The molecule has 34 heavy (non-hydrogen) atoms. The van der Waals surface area contributed by atoms with E-state index in [1.54, 1.807) is 12.1 Å². The molecule has 0 radical (unpaired) electrons. The van der Waals surface area contributed by atoms with E-state index in [1.807, 2.05) is 0 Å². The number of aromatic nitrogens is 3. The highest BCUT2D eigenvalue weighted by Gasteiger charge is 2.15. The summed E-state index contributed by atoms with van der Waals surface area (Å²) in [5, 5.41) is 20.6. The maximum absolute atomic E-state index is 11.4. The number of hydrogen-bond acceptors (Lipinski definition) is 8. The normalized spacial score (nSPS) is 11.8. The molecule has 0 aliphatic rings. The minimum atomic E-state index is -1.01. The monoisotopic (exact) mass is 471 g/mol. The van der Waals surface area contributed by atoms with Gasteiger partial charge in [-0.25, -0.2) is 19.7 Å². The van der Waals surface area contributed by atoms with Crippen LogP contribution in [-0.4, -0.2) is 50.5 Å². The van der Waals surface area contributed by atoms with Gasteiger partial charge in [0.25, 0.3) is 0 Å². The summed E-state index contributed by atoms with van der Waals surface area (Å²) in [5.41, 5.74) is 0.758. The first-order chi connectivity index (χ1) is 16.3. The predicted octanol–water partition coefficient (Wildman–Crippen LogP) is 4.57. The highest BCUT2D eigenvalue weighted by Crippen LogP contribution is 2.31. The molecule has 0 aliphatic heterocycles. The number of nitrogens with zero attached hydrogens (tertiary/aromatic N) is 3. The number of rotatable bonds is 15. The molecule has 0 saturated heterocycles. The quantitative estimate of drug-likeness (QED) is 0.221. The SMILES string of the molecule is C=C(C)C(=O)OCC(O)COc1ccc(-c2nc(CCCCC)nc(CCCCC)n2)c(O)c1. The Kier molecular flexibility index (Phi) is 11.5. The zero-order valence-electron chi connectivity index (χ0n) is 20.5. The molecule has 1 aromatic heterocycles. The van der Waals surface area contributed by atoms with Crippen molar-refractivity contribution in [1.29, 1.82) is 0 Å². The predicted molar refractivity (Wildman–Crippen MR) is 131 cm³/mol. The van der Waals surface area contributed by atoms with Crippen molar-refractivity contribution in [3.63, 3.8) is 0 Å². The molecule has 8 nitrogen and oxygen atoms in total. The third-order valence-corrected chi connectivity index (χ3v) is 5.14. The number of aliphatic hydroxyl groups is 1. The molecule has 0 aliphatic carbocycles. The number of carbonyl (C=O) groups excluding carboxylic acids is 1. The summed E-state index contributed by atoms with van der Waals surface area (Å²) in [6, 6.07) is 4.83. The van der Waals surface area contributed by atoms with Crippen molar-refractivity contribution in [2.75, 3.05) is 13.2 Å². The molecule has 0 spiro atoms. The Morgan fingerprint density at radius 1 is 1.00 bits per heavy atom. The highest BCUT2D eigenvalue weighted by molar-refractivity contribution is 5.86. The molecule has 2 N–H and O–H groups in total. The molecular formula is C26H37N3O5. The summed E-state index contributed by atoms with van der Waals surface area (Å²) in [6.45, 7) is 9.03. The fraction of sp³-hybridized carbons (Fsp3) is 0.538. The first-order valence-electron chi connectivity index (χ1n) is 12.0. The van der Waals surface area contributed by atoms with Crippen LogP contribution in [0.15, 0.2) is 30.4 Å². The second-order valence-corrected chi connectivity index (χ2v) is 8.43. The van der Waals surface area contributed by atoms with Crippen molar-refractivity contribution >= 4 is 5.97 Å². The molecule has 2 aromatic rings. The number of carbonyl (C=O) groups is 1. The van der Waals surface area contributed by atoms with E-state index in [2.05, 4.69) is 35.4 Å². The molecule has 0 bridgehead atoms. The Hall–Kier alpha value is -3.00. The average Bonchev–Trinajstić information content (AvgIpc) is 2.81. The lowest BCUT2D eigenvalue weighted by atomic mass is 10.1. The summed E-state index contributed by atoms with van der Waals surface area (Å²) in [6.07, 6.45) is 7.03. The van der Waals surface area contributed by atoms with Gasteiger partial charge in [0, 0.05) is 24.5 Å². The van der Waals surface area contributed by atoms with Crippen molar-refractivity contribution < 1.29 is 24.5 Å². The molecule has 8 heteroatoms. The van der Waals surface area contributed by atoms with Gasteiger partial charge in [0.1, 0.15) is 42.5 Å². The third kappa shape index (κ3) is 9.09. The average molecular weight is 472 g/mol. The van der Waals surface area contributed by atoms with Gasteiger partial charge in [-0.05, 0) is 31.9 Å². The van der Waals surface area contributed by atoms with Crippen molar-refractivity contribution in [1.82, 2.24) is 15.0 Å². The lowest BCUT2D eigenvalue weighted by Gasteiger charge is -2.14. The van der Waals surface area contributed by atoms with Crippen LogP contribution in [0.1, 0.15) is 70.9 Å². The number of aryl methyl sites for hydroxylation is 2. The molecule has 1 aromatic carbocycles. The fourth-order valence-electron chi connectivity index (χ4n) is 3.20. The Labute approximate surface area is 202 Å². The van der Waals surface area contributed by atoms with Crippen LogP contribution in [0.5, 0.6) is 11.5 Å². The summed E-state index contributed by atoms with van der Waals surface area (Å²) < 4.78 is 10.4. The van der Waals surface area contributed by atoms with E-state index in [-0.39, 0.29) is 24.5 Å². The fourth-order valence-corrected chi connectivity index (χ4v) is 3.20. The topological polar surface area (TPSA) is 115 Å². The van der Waals surface area contributed by atoms with E-state index < -0.39 is 12.1 Å². The van der Waals surface area contributed by atoms with Crippen molar-refractivity contribution in [3.8, 4) is 22.9 Å². The van der Waals surface area contributed by atoms with E-state index in [0.29, 0.717) is 17.1 Å². The maximum Gasteiger partial charge on any atom is 0.333 e. The van der Waals surface area contributed by atoms with Gasteiger partial charge in [-0.2, -0.15) is 0 Å². The number of ether oxygens (including phenoxy) is 2. The number of phenolic OH excluding ortho intramolecular Hbond substituents is 1. The van der Waals surface area contributed by atoms with Crippen LogP contribution in [0.2, 0.25) is 0 Å². The molecule has 2 rings (SSSR count). The largest absolute Gasteiger partial charge is 0.507 e. The van der Waals surface area contributed by atoms with Crippen LogP contribution >= 0.6 is 0 Å². The van der Waals surface area contributed by atoms with Crippen molar-refractivity contribution in [2.24, 2.45) is 0 Å². The summed E-state index contributed by atoms with van der Waals surface area (Å²) in [5.74, 6) is 1.72. The number of benzene rings is 1. The van der Waals surface area contributed by atoms with E-state index >= 15 is 0 Å². The number of esters is 1. The van der Waals surface area contributed by atoms with Gasteiger partial charge in [-0.15, -0.1) is 0 Å². The Morgan fingerprint density at radius 3 is 2.15 bits per heavy atom. The van der Waals surface area contributed by atoms with Gasteiger partial charge < -0.3 is 19.7 Å². The smallest absolute Gasteiger partial charge is 0.333 e. The van der Waals surface area contributed by atoms with Crippen LogP contribution in [-0.2, 0) is 22.4 Å². The number of aliphatic hydroxyl groups excluding tert-OH is 1. The number of aromatic hydroxyl groups is 1. The first-order valence-corrected chi connectivity index (χ1v) is 12.0. The lowest BCUT2D eigenvalue weighted by Crippen LogP contribution is -2.25. The standard InChI is InChI=1S/C26H37N3O5/c1-5-7-9-11-23-27-24(12-10-8-6-2)29-25(28-23)21-14-13-20(15-22(21)31)33-16-19(30)17-34-26(32)18(3)4/h13-15,19,30-31H,3,5-12,16-17H2,1-2,4H3. The first kappa shape index (κ1) is 27.2. The number of unbranched alkanes of at least 4 members (excludes halogenated alkanes) is 4. The zero-order chi connectivity index (χ0) is 24.9. The van der Waals surface area contributed by atoms with Crippen molar-refractivity contribution in [2.45, 2.75) is 78.2 Å². The van der Waals surface area contributed by atoms with Crippen LogP contribution in [0.25, 0.3) is 11.4 Å². The molecule has 186 valence electrons. The second kappa shape index (κ2) is 14.3.